The van der Waals surface area contributed by atoms with E-state index in [0.717, 1.165) is 11.4 Å². The minimum absolute atomic E-state index is 0.0952. The van der Waals surface area contributed by atoms with Gasteiger partial charge in [0.2, 0.25) is 0 Å². The number of nitrogens with zero attached hydrogens (tertiary/aromatic N) is 2. The Kier molecular flexibility index (Phi) is 4.61. The van der Waals surface area contributed by atoms with Crippen LogP contribution in [0.1, 0.15) is 31.9 Å². The van der Waals surface area contributed by atoms with Gasteiger partial charge in [-0.25, -0.2) is 0 Å². The van der Waals surface area contributed by atoms with Gasteiger partial charge in [0.25, 0.3) is 0 Å². The van der Waals surface area contributed by atoms with E-state index in [1.54, 1.807) is 0 Å². The molecule has 3 aromatic carbocycles. The summed E-state index contributed by atoms with van der Waals surface area (Å²) >= 11 is 4.16. The van der Waals surface area contributed by atoms with Crippen molar-refractivity contribution in [2.75, 3.05) is 3.11 Å². The zero-order chi connectivity index (χ0) is 19.2. The summed E-state index contributed by atoms with van der Waals surface area (Å²) in [5.74, 6) is 0. The molecule has 1 heterocycles. The van der Waals surface area contributed by atoms with E-state index in [2.05, 4.69) is 89.2 Å². The SMILES string of the molecule is CC(C)(C)c1cccc2c1sc1c(N(I)c3ccccc3C#N)cccc12. The van der Waals surface area contributed by atoms with Crippen LogP contribution in [-0.2, 0) is 5.41 Å². The van der Waals surface area contributed by atoms with Crippen LogP contribution < -0.4 is 3.11 Å². The number of rotatable bonds is 2. The molecule has 0 saturated heterocycles. The summed E-state index contributed by atoms with van der Waals surface area (Å²) in [4.78, 5) is 0. The van der Waals surface area contributed by atoms with Crippen LogP contribution in [0, 0.1) is 11.3 Å². The maximum Gasteiger partial charge on any atom is 0.101 e. The molecule has 1 aromatic heterocycles. The molecule has 4 heteroatoms. The third kappa shape index (κ3) is 3.09. The Morgan fingerprint density at radius 3 is 2.19 bits per heavy atom. The van der Waals surface area contributed by atoms with E-state index < -0.39 is 0 Å². The maximum atomic E-state index is 9.49. The van der Waals surface area contributed by atoms with E-state index >= 15 is 0 Å². The smallest absolute Gasteiger partial charge is 0.101 e. The third-order valence-electron chi connectivity index (χ3n) is 4.76. The van der Waals surface area contributed by atoms with Crippen molar-refractivity contribution in [3.8, 4) is 6.07 Å². The van der Waals surface area contributed by atoms with Crippen molar-refractivity contribution in [2.45, 2.75) is 26.2 Å². The van der Waals surface area contributed by atoms with Gasteiger partial charge in [-0.15, -0.1) is 11.3 Å². The summed E-state index contributed by atoms with van der Waals surface area (Å²) in [6.45, 7) is 6.79. The van der Waals surface area contributed by atoms with E-state index in [1.165, 1.54) is 25.7 Å². The van der Waals surface area contributed by atoms with Crippen molar-refractivity contribution in [3.05, 3.63) is 71.8 Å². The van der Waals surface area contributed by atoms with Gasteiger partial charge in [0.05, 0.1) is 44.5 Å². The van der Waals surface area contributed by atoms with Crippen LogP contribution in [0.4, 0.5) is 11.4 Å². The van der Waals surface area contributed by atoms with Gasteiger partial charge >= 0.3 is 0 Å². The number of halogens is 1. The second kappa shape index (κ2) is 6.81. The molecular weight excluding hydrogens is 463 g/mol. The van der Waals surface area contributed by atoms with Crippen molar-refractivity contribution in [3.63, 3.8) is 0 Å². The van der Waals surface area contributed by atoms with E-state index in [4.69, 9.17) is 0 Å². The molecule has 0 amide bonds. The fourth-order valence-corrected chi connectivity index (χ4v) is 5.93. The summed E-state index contributed by atoms with van der Waals surface area (Å²) in [6, 6.07) is 23.1. The molecule has 0 N–H and O–H groups in total. The number of benzene rings is 3. The van der Waals surface area contributed by atoms with Crippen LogP contribution in [0.3, 0.4) is 0 Å². The lowest BCUT2D eigenvalue weighted by atomic mass is 9.86. The van der Waals surface area contributed by atoms with Crippen LogP contribution in [0.2, 0.25) is 0 Å². The zero-order valence-corrected chi connectivity index (χ0v) is 18.4. The molecule has 0 saturated carbocycles. The Balaban J connectivity index is 1.99. The van der Waals surface area contributed by atoms with Crippen LogP contribution >= 0.6 is 34.2 Å². The molecule has 0 atom stereocenters. The fourth-order valence-electron chi connectivity index (χ4n) is 3.42. The number of hydrogen-bond acceptors (Lipinski definition) is 3. The van der Waals surface area contributed by atoms with Crippen molar-refractivity contribution in [1.29, 1.82) is 5.26 Å². The molecule has 2 nitrogen and oxygen atoms in total. The highest BCUT2D eigenvalue weighted by Gasteiger charge is 2.21. The first-order chi connectivity index (χ1) is 12.9. The van der Waals surface area contributed by atoms with Crippen molar-refractivity contribution < 1.29 is 0 Å². The maximum absolute atomic E-state index is 9.49. The molecule has 0 radical (unpaired) electrons. The highest BCUT2D eigenvalue weighted by atomic mass is 127. The Morgan fingerprint density at radius 1 is 0.852 bits per heavy atom. The third-order valence-corrected chi connectivity index (χ3v) is 7.08. The van der Waals surface area contributed by atoms with Gasteiger partial charge in [0.15, 0.2) is 0 Å². The van der Waals surface area contributed by atoms with Gasteiger partial charge in [-0.05, 0) is 29.2 Å². The summed E-state index contributed by atoms with van der Waals surface area (Å²) in [6.07, 6.45) is 0. The number of nitriles is 1. The summed E-state index contributed by atoms with van der Waals surface area (Å²) in [5.41, 5.74) is 4.20. The lowest BCUT2D eigenvalue weighted by Gasteiger charge is -2.19. The molecule has 0 aliphatic carbocycles. The first-order valence-electron chi connectivity index (χ1n) is 8.81. The van der Waals surface area contributed by atoms with Crippen LogP contribution in [-0.4, -0.2) is 0 Å². The second-order valence-corrected chi connectivity index (χ2v) is 9.58. The molecule has 0 bridgehead atoms. The topological polar surface area (TPSA) is 27.0 Å². The van der Waals surface area contributed by atoms with E-state index in [1.807, 2.05) is 35.6 Å². The molecular formula is C23H19IN2S. The Bertz CT molecular complexity index is 1190. The predicted molar refractivity (Wildman–Crippen MR) is 125 cm³/mol. The van der Waals surface area contributed by atoms with Gasteiger partial charge in [-0.3, -0.25) is 3.11 Å². The Morgan fingerprint density at radius 2 is 1.48 bits per heavy atom. The van der Waals surface area contributed by atoms with Crippen LogP contribution in [0.5, 0.6) is 0 Å². The van der Waals surface area contributed by atoms with Crippen molar-refractivity contribution in [1.82, 2.24) is 0 Å². The summed E-state index contributed by atoms with van der Waals surface area (Å²) in [5, 5.41) is 12.1. The molecule has 0 unspecified atom stereocenters. The number of anilines is 2. The Hall–Kier alpha value is -2.10. The molecule has 4 rings (SSSR count). The van der Waals surface area contributed by atoms with Crippen molar-refractivity contribution in [2.24, 2.45) is 0 Å². The molecule has 0 aliphatic heterocycles. The normalized spacial score (nSPS) is 11.7. The van der Waals surface area contributed by atoms with Crippen molar-refractivity contribution >= 4 is 65.7 Å². The van der Waals surface area contributed by atoms with Crippen LogP contribution in [0.25, 0.3) is 20.2 Å². The molecule has 0 fully saturated rings. The minimum Gasteiger partial charge on any atom is -0.280 e. The van der Waals surface area contributed by atoms with Gasteiger partial charge in [0, 0.05) is 15.5 Å². The van der Waals surface area contributed by atoms with Crippen LogP contribution in [0.15, 0.2) is 60.7 Å². The molecule has 4 aromatic rings. The molecule has 27 heavy (non-hydrogen) atoms. The first kappa shape index (κ1) is 18.3. The summed E-state index contributed by atoms with van der Waals surface area (Å²) < 4.78 is 4.71. The van der Waals surface area contributed by atoms with E-state index in [9.17, 15) is 5.26 Å². The van der Waals surface area contributed by atoms with E-state index in [-0.39, 0.29) is 5.41 Å². The molecule has 134 valence electrons. The Labute approximate surface area is 177 Å². The average molecular weight is 482 g/mol. The highest BCUT2D eigenvalue weighted by molar-refractivity contribution is 14.1. The predicted octanol–water partition coefficient (Wildman–Crippen LogP) is 7.71. The minimum atomic E-state index is 0.0952. The van der Waals surface area contributed by atoms with Gasteiger partial charge in [-0.1, -0.05) is 63.2 Å². The highest BCUT2D eigenvalue weighted by Crippen LogP contribution is 2.45. The largest absolute Gasteiger partial charge is 0.280 e. The lowest BCUT2D eigenvalue weighted by molar-refractivity contribution is 0.597. The second-order valence-electron chi connectivity index (χ2n) is 7.60. The summed E-state index contributed by atoms with van der Waals surface area (Å²) in [7, 11) is 0. The molecule has 0 aliphatic rings. The quantitative estimate of drug-likeness (QED) is 0.216. The number of fused-ring (bicyclic) bond motifs is 3. The number of hydrogen-bond donors (Lipinski definition) is 0. The zero-order valence-electron chi connectivity index (χ0n) is 15.5. The van der Waals surface area contributed by atoms with Gasteiger partial charge in [0.1, 0.15) is 6.07 Å². The monoisotopic (exact) mass is 482 g/mol. The number of thiophene rings is 1. The fraction of sp³-hybridized carbons (Fsp3) is 0.174. The lowest BCUT2D eigenvalue weighted by Crippen LogP contribution is -2.10. The first-order valence-corrected chi connectivity index (χ1v) is 10.6. The van der Waals surface area contributed by atoms with E-state index in [0.29, 0.717) is 5.56 Å². The standard InChI is InChI=1S/C23H19IN2S/c1-23(2,3)18-11-6-9-16-17-10-7-13-20(22(17)27-21(16)18)26(24)19-12-5-4-8-15(19)14-25/h4-13H,1-3H3. The van der Waals surface area contributed by atoms with Gasteiger partial charge in [-0.2, -0.15) is 5.26 Å². The number of para-hydroxylation sites is 1. The average Bonchev–Trinajstić information content (AvgIpc) is 3.05. The molecule has 0 spiro atoms. The van der Waals surface area contributed by atoms with Gasteiger partial charge < -0.3 is 0 Å².